The first-order chi connectivity index (χ1) is 14.7. The smallest absolute Gasteiger partial charge is 0.408 e. The first-order valence-electron chi connectivity index (χ1n) is 10.3. The molecule has 0 heterocycles. The van der Waals surface area contributed by atoms with Gasteiger partial charge in [-0.3, -0.25) is 4.21 Å². The Labute approximate surface area is 186 Å². The number of hydrogen-bond acceptors (Lipinski definition) is 5. The van der Waals surface area contributed by atoms with E-state index in [-0.39, 0.29) is 18.8 Å². The van der Waals surface area contributed by atoms with E-state index in [1.54, 1.807) is 20.8 Å². The third-order valence-electron chi connectivity index (χ3n) is 4.29. The fourth-order valence-corrected chi connectivity index (χ4v) is 3.92. The Kier molecular flexibility index (Phi) is 9.72. The first kappa shape index (κ1) is 24.6. The molecule has 0 spiro atoms. The number of hydrogen-bond donors (Lipinski definition) is 1. The number of aryl methyl sites for hydroxylation is 1. The molecule has 0 saturated carbocycles. The molecule has 0 bridgehead atoms. The van der Waals surface area contributed by atoms with Gasteiger partial charge in [-0.15, -0.1) is 0 Å². The van der Waals surface area contributed by atoms with Gasteiger partial charge in [0.05, 0.1) is 0 Å². The summed E-state index contributed by atoms with van der Waals surface area (Å²) in [5, 5.41) is 2.57. The van der Waals surface area contributed by atoms with Crippen molar-refractivity contribution in [3.8, 4) is 0 Å². The Hall–Kier alpha value is -2.67. The molecule has 0 aliphatic rings. The van der Waals surface area contributed by atoms with Crippen LogP contribution in [0, 0.1) is 0 Å². The van der Waals surface area contributed by atoms with E-state index in [1.165, 1.54) is 0 Å². The van der Waals surface area contributed by atoms with Crippen LogP contribution in [0.5, 0.6) is 0 Å². The third-order valence-corrected chi connectivity index (χ3v) is 5.65. The van der Waals surface area contributed by atoms with Crippen LogP contribution < -0.4 is 5.32 Å². The molecule has 1 N–H and O–H groups in total. The number of alkyl carbamates (subject to hydrolysis) is 1. The normalized spacial score (nSPS) is 13.1. The second-order valence-corrected chi connectivity index (χ2v) is 9.86. The van der Waals surface area contributed by atoms with E-state index in [0.717, 1.165) is 11.1 Å². The SMILES string of the molecule is CC(C)(C)OC(=O)N[C@@H](CCS(=O)CCc1ccccc1)C(=O)OCc1ccccc1. The molecule has 0 aliphatic heterocycles. The minimum atomic E-state index is -1.13. The van der Waals surface area contributed by atoms with Gasteiger partial charge in [0, 0.05) is 22.3 Å². The number of benzene rings is 2. The molecule has 2 aromatic rings. The van der Waals surface area contributed by atoms with Crippen molar-refractivity contribution in [1.82, 2.24) is 5.32 Å². The summed E-state index contributed by atoms with van der Waals surface area (Å²) in [5.74, 6) is 0.186. The Morgan fingerprint density at radius 3 is 2.10 bits per heavy atom. The molecule has 6 nitrogen and oxygen atoms in total. The molecule has 2 atom stereocenters. The van der Waals surface area contributed by atoms with Gasteiger partial charge in [0.25, 0.3) is 0 Å². The summed E-state index contributed by atoms with van der Waals surface area (Å²) in [6.07, 6.45) is 0.189. The number of carbonyl (C=O) groups excluding carboxylic acids is 2. The van der Waals surface area contributed by atoms with Gasteiger partial charge in [0.1, 0.15) is 18.2 Å². The van der Waals surface area contributed by atoms with Gasteiger partial charge in [-0.2, -0.15) is 0 Å². The van der Waals surface area contributed by atoms with Gasteiger partial charge >= 0.3 is 12.1 Å². The van der Waals surface area contributed by atoms with E-state index in [4.69, 9.17) is 9.47 Å². The third kappa shape index (κ3) is 10.3. The fraction of sp³-hybridized carbons (Fsp3) is 0.417. The number of rotatable bonds is 10. The summed E-state index contributed by atoms with van der Waals surface area (Å²) in [6, 6.07) is 18.2. The van der Waals surface area contributed by atoms with E-state index < -0.39 is 34.5 Å². The highest BCUT2D eigenvalue weighted by atomic mass is 32.2. The molecule has 2 aromatic carbocycles. The lowest BCUT2D eigenvalue weighted by molar-refractivity contribution is -0.147. The summed E-state index contributed by atoms with van der Waals surface area (Å²) in [7, 11) is -1.13. The quantitative estimate of drug-likeness (QED) is 0.559. The number of ether oxygens (including phenoxy) is 2. The van der Waals surface area contributed by atoms with Crippen molar-refractivity contribution in [2.24, 2.45) is 0 Å². The maximum Gasteiger partial charge on any atom is 0.408 e. The van der Waals surface area contributed by atoms with Crippen molar-refractivity contribution in [1.29, 1.82) is 0 Å². The predicted molar refractivity (Wildman–Crippen MR) is 122 cm³/mol. The van der Waals surface area contributed by atoms with Crippen LogP contribution in [0.1, 0.15) is 38.3 Å². The average Bonchev–Trinajstić information content (AvgIpc) is 2.73. The first-order valence-corrected chi connectivity index (χ1v) is 11.8. The minimum absolute atomic E-state index is 0.100. The van der Waals surface area contributed by atoms with Crippen molar-refractivity contribution in [3.05, 3.63) is 71.8 Å². The lowest BCUT2D eigenvalue weighted by atomic mass is 10.2. The van der Waals surface area contributed by atoms with E-state index in [2.05, 4.69) is 5.32 Å². The van der Waals surface area contributed by atoms with Crippen molar-refractivity contribution < 1.29 is 23.3 Å². The fourth-order valence-electron chi connectivity index (χ4n) is 2.76. The van der Waals surface area contributed by atoms with Gasteiger partial charge in [0.2, 0.25) is 0 Å². The van der Waals surface area contributed by atoms with Gasteiger partial charge in [-0.05, 0) is 44.7 Å². The zero-order chi connectivity index (χ0) is 22.7. The summed E-state index contributed by atoms with van der Waals surface area (Å²) in [4.78, 5) is 24.8. The van der Waals surface area contributed by atoms with E-state index in [0.29, 0.717) is 12.2 Å². The van der Waals surface area contributed by atoms with Crippen LogP contribution in [0.2, 0.25) is 0 Å². The number of amides is 1. The standard InChI is InChI=1S/C24H31NO5S/c1-24(2,3)30-23(27)25-21(22(26)29-18-20-12-8-5-9-13-20)15-17-31(28)16-14-19-10-6-4-7-11-19/h4-13,21H,14-18H2,1-3H3,(H,25,27)/t21-,31?/m0/s1. The van der Waals surface area contributed by atoms with E-state index >= 15 is 0 Å². The summed E-state index contributed by atoms with van der Waals surface area (Å²) >= 11 is 0. The largest absolute Gasteiger partial charge is 0.459 e. The maximum absolute atomic E-state index is 12.6. The van der Waals surface area contributed by atoms with E-state index in [9.17, 15) is 13.8 Å². The van der Waals surface area contributed by atoms with Crippen molar-refractivity contribution in [2.45, 2.75) is 51.9 Å². The zero-order valence-corrected chi connectivity index (χ0v) is 19.2. The lowest BCUT2D eigenvalue weighted by Gasteiger charge is -2.23. The summed E-state index contributed by atoms with van der Waals surface area (Å²) in [6.45, 7) is 5.33. The lowest BCUT2D eigenvalue weighted by Crippen LogP contribution is -2.45. The Morgan fingerprint density at radius 1 is 0.935 bits per heavy atom. The molecular weight excluding hydrogens is 414 g/mol. The molecule has 0 aliphatic carbocycles. The molecule has 1 unspecified atom stereocenters. The van der Waals surface area contributed by atoms with Gasteiger partial charge < -0.3 is 14.8 Å². The van der Waals surface area contributed by atoms with Crippen LogP contribution in [-0.4, -0.2) is 39.4 Å². The molecule has 0 radical (unpaired) electrons. The molecule has 0 fully saturated rings. The molecule has 31 heavy (non-hydrogen) atoms. The Bertz CT molecular complexity index is 849. The number of esters is 1. The van der Waals surface area contributed by atoms with Crippen LogP contribution in [-0.2, 0) is 38.1 Å². The van der Waals surface area contributed by atoms with Crippen molar-refractivity contribution in [3.63, 3.8) is 0 Å². The zero-order valence-electron chi connectivity index (χ0n) is 18.3. The Morgan fingerprint density at radius 2 is 1.52 bits per heavy atom. The molecule has 0 saturated heterocycles. The second-order valence-electron chi connectivity index (χ2n) is 8.16. The van der Waals surface area contributed by atoms with Gasteiger partial charge in [-0.25, -0.2) is 9.59 Å². The molecular formula is C24H31NO5S. The van der Waals surface area contributed by atoms with Crippen LogP contribution in [0.4, 0.5) is 4.79 Å². The van der Waals surface area contributed by atoms with Crippen LogP contribution in [0.25, 0.3) is 0 Å². The second kappa shape index (κ2) is 12.2. The van der Waals surface area contributed by atoms with E-state index in [1.807, 2.05) is 60.7 Å². The summed E-state index contributed by atoms with van der Waals surface area (Å²) < 4.78 is 23.1. The van der Waals surface area contributed by atoms with Gasteiger partial charge in [-0.1, -0.05) is 60.7 Å². The monoisotopic (exact) mass is 445 g/mol. The molecule has 168 valence electrons. The predicted octanol–water partition coefficient (Wildman–Crippen LogP) is 4.00. The highest BCUT2D eigenvalue weighted by Gasteiger charge is 2.26. The van der Waals surface area contributed by atoms with Crippen LogP contribution in [0.3, 0.4) is 0 Å². The molecule has 2 rings (SSSR count). The average molecular weight is 446 g/mol. The minimum Gasteiger partial charge on any atom is -0.459 e. The maximum atomic E-state index is 12.6. The van der Waals surface area contributed by atoms with Crippen molar-refractivity contribution >= 4 is 22.9 Å². The Balaban J connectivity index is 1.91. The number of nitrogens with one attached hydrogen (secondary N) is 1. The molecule has 0 aromatic heterocycles. The van der Waals surface area contributed by atoms with Crippen molar-refractivity contribution in [2.75, 3.05) is 11.5 Å². The van der Waals surface area contributed by atoms with Crippen LogP contribution >= 0.6 is 0 Å². The number of carbonyl (C=O) groups is 2. The van der Waals surface area contributed by atoms with Gasteiger partial charge in [0.15, 0.2) is 0 Å². The topological polar surface area (TPSA) is 81.7 Å². The molecule has 1 amide bonds. The van der Waals surface area contributed by atoms with Crippen LogP contribution in [0.15, 0.2) is 60.7 Å². The highest BCUT2D eigenvalue weighted by Crippen LogP contribution is 2.10. The summed E-state index contributed by atoms with van der Waals surface area (Å²) in [5.41, 5.74) is 1.26. The molecule has 7 heteroatoms. The highest BCUT2D eigenvalue weighted by molar-refractivity contribution is 7.84.